The fourth-order valence-corrected chi connectivity index (χ4v) is 2.51. The zero-order valence-electron chi connectivity index (χ0n) is 4.18. The molecule has 0 saturated carbocycles. The maximum absolute atomic E-state index is 3.46. The molecule has 1 heterocycles. The van der Waals surface area contributed by atoms with Crippen molar-refractivity contribution in [3.05, 3.63) is 11.5 Å². The topological polar surface area (TPSA) is 0 Å². The second-order valence-electron chi connectivity index (χ2n) is 1.62. The molecule has 46 valence electrons. The maximum Gasteiger partial charge on any atom is 0.0822 e. The smallest absolute Gasteiger partial charge is 0.0822 e. The van der Waals surface area contributed by atoms with Crippen molar-refractivity contribution in [1.82, 2.24) is 0 Å². The van der Waals surface area contributed by atoms with Crippen LogP contribution in [0.2, 0.25) is 0 Å². The van der Waals surface area contributed by atoms with Gasteiger partial charge < -0.3 is 0 Å². The Morgan fingerprint density at radius 1 is 1.62 bits per heavy atom. The third-order valence-electron chi connectivity index (χ3n) is 0.999. The lowest BCUT2D eigenvalue weighted by Gasteiger charge is -2.07. The Hall–Kier alpha value is 1.05. The molecule has 0 N–H and O–H groups in total. The van der Waals surface area contributed by atoms with Crippen molar-refractivity contribution >= 4 is 43.6 Å². The minimum absolute atomic E-state index is 0.468. The summed E-state index contributed by atoms with van der Waals surface area (Å²) in [6.07, 6.45) is 3.39. The van der Waals surface area contributed by atoms with E-state index in [9.17, 15) is 0 Å². The molecular formula is C5H6Br2S. The average Bonchev–Trinajstić information content (AvgIpc) is 2.12. The van der Waals surface area contributed by atoms with Crippen LogP contribution < -0.4 is 0 Å². The molecule has 0 aromatic carbocycles. The van der Waals surface area contributed by atoms with E-state index in [1.165, 1.54) is 6.42 Å². The fraction of sp³-hybridized carbons (Fsp3) is 0.600. The zero-order chi connectivity index (χ0) is 5.98. The van der Waals surface area contributed by atoms with E-state index in [1.807, 2.05) is 11.8 Å². The van der Waals surface area contributed by atoms with Gasteiger partial charge in [-0.3, -0.25) is 0 Å². The summed E-state index contributed by atoms with van der Waals surface area (Å²) in [4.78, 5) is 0. The van der Waals surface area contributed by atoms with E-state index < -0.39 is 0 Å². The minimum Gasteiger partial charge on any atom is -0.129 e. The Labute approximate surface area is 70.4 Å². The molecule has 0 bridgehead atoms. The van der Waals surface area contributed by atoms with Crippen LogP contribution in [-0.2, 0) is 0 Å². The number of hydrogen-bond acceptors (Lipinski definition) is 1. The van der Waals surface area contributed by atoms with Crippen LogP contribution in [0.3, 0.4) is 0 Å². The van der Waals surface area contributed by atoms with Crippen LogP contribution in [0.25, 0.3) is 0 Å². The lowest BCUT2D eigenvalue weighted by molar-refractivity contribution is 0.998. The summed E-state index contributed by atoms with van der Waals surface area (Å²) in [5.74, 6) is 0. The molecule has 0 radical (unpaired) electrons. The SMILES string of the molecule is BrC(Br)C1CC=CS1. The number of halogens is 2. The summed E-state index contributed by atoms with van der Waals surface area (Å²) in [5.41, 5.74) is 0. The van der Waals surface area contributed by atoms with Gasteiger partial charge in [-0.1, -0.05) is 37.9 Å². The molecule has 0 aromatic rings. The van der Waals surface area contributed by atoms with Crippen LogP contribution in [0.5, 0.6) is 0 Å². The molecule has 0 spiro atoms. The molecule has 0 aromatic heterocycles. The Balaban J connectivity index is 2.29. The molecule has 8 heavy (non-hydrogen) atoms. The Morgan fingerprint density at radius 3 is 2.62 bits per heavy atom. The maximum atomic E-state index is 3.46. The van der Waals surface area contributed by atoms with Crippen molar-refractivity contribution in [2.24, 2.45) is 0 Å². The highest BCUT2D eigenvalue weighted by molar-refractivity contribution is 9.24. The van der Waals surface area contributed by atoms with Gasteiger partial charge in [0, 0.05) is 5.25 Å². The van der Waals surface area contributed by atoms with Crippen LogP contribution in [-0.4, -0.2) is 8.99 Å². The lowest BCUT2D eigenvalue weighted by atomic mass is 10.3. The highest BCUT2D eigenvalue weighted by Crippen LogP contribution is 2.32. The molecule has 3 heteroatoms. The Bertz CT molecular complexity index is 92.6. The van der Waals surface area contributed by atoms with Gasteiger partial charge in [0.1, 0.15) is 0 Å². The van der Waals surface area contributed by atoms with Crippen LogP contribution in [0, 0.1) is 0 Å². The molecule has 1 aliphatic heterocycles. The van der Waals surface area contributed by atoms with E-state index >= 15 is 0 Å². The first-order chi connectivity index (χ1) is 3.80. The first kappa shape index (κ1) is 7.16. The molecule has 0 aliphatic carbocycles. The fourth-order valence-electron chi connectivity index (χ4n) is 0.564. The molecule has 0 fully saturated rings. The van der Waals surface area contributed by atoms with Crippen molar-refractivity contribution in [1.29, 1.82) is 0 Å². The zero-order valence-corrected chi connectivity index (χ0v) is 8.17. The standard InChI is InChI=1S/C5H6Br2S/c6-5(7)4-2-1-3-8-4/h1,3-5H,2H2. The van der Waals surface area contributed by atoms with E-state index in [0.717, 1.165) is 0 Å². The van der Waals surface area contributed by atoms with Gasteiger partial charge in [0.25, 0.3) is 0 Å². The predicted octanol–water partition coefficient (Wildman–Crippen LogP) is 3.12. The number of allylic oxidation sites excluding steroid dienone is 1. The summed E-state index contributed by atoms with van der Waals surface area (Å²) in [6.45, 7) is 0. The second-order valence-corrected chi connectivity index (χ2v) is 5.97. The van der Waals surface area contributed by atoms with Gasteiger partial charge in [-0.15, -0.1) is 11.8 Å². The first-order valence-corrected chi connectivity index (χ1v) is 5.17. The van der Waals surface area contributed by atoms with E-state index in [4.69, 9.17) is 0 Å². The number of thioether (sulfide) groups is 1. The number of alkyl halides is 2. The van der Waals surface area contributed by atoms with Gasteiger partial charge in [0.05, 0.1) is 3.74 Å². The van der Waals surface area contributed by atoms with Crippen molar-refractivity contribution in [2.45, 2.75) is 15.4 Å². The van der Waals surface area contributed by atoms with Gasteiger partial charge in [0.2, 0.25) is 0 Å². The van der Waals surface area contributed by atoms with E-state index in [2.05, 4.69) is 43.3 Å². The Kier molecular flexibility index (Phi) is 2.93. The molecule has 1 atom stereocenters. The molecule has 1 aliphatic rings. The van der Waals surface area contributed by atoms with Crippen molar-refractivity contribution in [2.75, 3.05) is 0 Å². The first-order valence-electron chi connectivity index (χ1n) is 2.39. The monoisotopic (exact) mass is 256 g/mol. The predicted molar refractivity (Wildman–Crippen MR) is 46.8 cm³/mol. The highest BCUT2D eigenvalue weighted by Gasteiger charge is 2.16. The highest BCUT2D eigenvalue weighted by atomic mass is 79.9. The molecular weight excluding hydrogens is 252 g/mol. The van der Waals surface area contributed by atoms with E-state index in [0.29, 0.717) is 8.99 Å². The molecule has 0 saturated heterocycles. The van der Waals surface area contributed by atoms with Crippen LogP contribution in [0.4, 0.5) is 0 Å². The molecule has 0 nitrogen and oxygen atoms in total. The van der Waals surface area contributed by atoms with Crippen molar-refractivity contribution in [3.8, 4) is 0 Å². The minimum atomic E-state index is 0.468. The third kappa shape index (κ3) is 1.78. The third-order valence-corrected chi connectivity index (χ3v) is 4.14. The van der Waals surface area contributed by atoms with Gasteiger partial charge in [-0.25, -0.2) is 0 Å². The summed E-state index contributed by atoms with van der Waals surface area (Å²) >= 11 is 8.79. The van der Waals surface area contributed by atoms with Crippen LogP contribution in [0.15, 0.2) is 11.5 Å². The average molecular weight is 258 g/mol. The van der Waals surface area contributed by atoms with Crippen LogP contribution >= 0.6 is 43.6 Å². The second kappa shape index (κ2) is 3.28. The van der Waals surface area contributed by atoms with Crippen molar-refractivity contribution in [3.63, 3.8) is 0 Å². The van der Waals surface area contributed by atoms with Crippen LogP contribution in [0.1, 0.15) is 6.42 Å². The number of hydrogen-bond donors (Lipinski definition) is 0. The summed E-state index contributed by atoms with van der Waals surface area (Å²) in [7, 11) is 0. The van der Waals surface area contributed by atoms with Gasteiger partial charge in [0.15, 0.2) is 0 Å². The molecule has 0 amide bonds. The van der Waals surface area contributed by atoms with Gasteiger partial charge >= 0.3 is 0 Å². The van der Waals surface area contributed by atoms with Gasteiger partial charge in [-0.2, -0.15) is 0 Å². The largest absolute Gasteiger partial charge is 0.129 e. The summed E-state index contributed by atoms with van der Waals surface area (Å²) < 4.78 is 0.468. The van der Waals surface area contributed by atoms with Crippen molar-refractivity contribution < 1.29 is 0 Å². The lowest BCUT2D eigenvalue weighted by Crippen LogP contribution is -2.04. The summed E-state index contributed by atoms with van der Waals surface area (Å²) in [6, 6.07) is 0. The quantitative estimate of drug-likeness (QED) is 0.651. The Morgan fingerprint density at radius 2 is 2.38 bits per heavy atom. The molecule has 1 unspecified atom stereocenters. The van der Waals surface area contributed by atoms with E-state index in [-0.39, 0.29) is 0 Å². The van der Waals surface area contributed by atoms with E-state index in [1.54, 1.807) is 0 Å². The number of rotatable bonds is 1. The normalized spacial score (nSPS) is 27.6. The molecule has 1 rings (SSSR count). The summed E-state index contributed by atoms with van der Waals surface area (Å²) in [5, 5.41) is 2.86. The van der Waals surface area contributed by atoms with Gasteiger partial charge in [-0.05, 0) is 11.8 Å².